The third-order valence-corrected chi connectivity index (χ3v) is 3.06. The van der Waals surface area contributed by atoms with Crippen LogP contribution in [0, 0.1) is 6.92 Å². The number of halogens is 1. The lowest BCUT2D eigenvalue weighted by molar-refractivity contribution is 0.958. The van der Waals surface area contributed by atoms with Crippen LogP contribution in [-0.4, -0.2) is 6.26 Å². The Bertz CT molecular complexity index is 269. The van der Waals surface area contributed by atoms with Crippen LogP contribution in [0.1, 0.15) is 18.4 Å². The lowest BCUT2D eigenvalue weighted by Crippen LogP contribution is -1.89. The number of hydrogen-bond donors (Lipinski definition) is 0. The molecule has 0 amide bonds. The van der Waals surface area contributed by atoms with Crippen LogP contribution < -0.4 is 0 Å². The Morgan fingerprint density at radius 3 is 2.67 bits per heavy atom. The Balaban J connectivity index is 3.14. The predicted molar refractivity (Wildman–Crippen MR) is 57.0 cm³/mol. The minimum atomic E-state index is 0.254. The molecule has 0 heterocycles. The summed E-state index contributed by atoms with van der Waals surface area (Å²) in [7, 11) is 0. The Labute approximate surface area is 83.3 Å². The fourth-order valence-corrected chi connectivity index (χ4v) is 2.12. The van der Waals surface area contributed by atoms with Gasteiger partial charge < -0.3 is 0 Å². The van der Waals surface area contributed by atoms with E-state index in [-0.39, 0.29) is 5.92 Å². The van der Waals surface area contributed by atoms with Gasteiger partial charge in [-0.3, -0.25) is 0 Å². The summed E-state index contributed by atoms with van der Waals surface area (Å²) in [6.45, 7) is 6.00. The third-order valence-electron chi connectivity index (χ3n) is 1.74. The van der Waals surface area contributed by atoms with Crippen LogP contribution in [0.15, 0.2) is 23.1 Å². The maximum atomic E-state index is 6.14. The lowest BCUT2D eigenvalue weighted by Gasteiger charge is -2.09. The molecule has 0 aliphatic heterocycles. The van der Waals surface area contributed by atoms with E-state index in [1.165, 1.54) is 0 Å². The standard InChI is InChI=1S/C10H12ClS/c1-7(2)8-5-4-6-9(12-3)10(8)11/h4-7H,1H2,2-3H3. The summed E-state index contributed by atoms with van der Waals surface area (Å²) < 4.78 is 0. The minimum absolute atomic E-state index is 0.254. The largest absolute Gasteiger partial charge is 0.128 e. The molecule has 1 atom stereocenters. The fraction of sp³-hybridized carbons (Fsp3) is 0.300. The highest BCUT2D eigenvalue weighted by molar-refractivity contribution is 7.98. The van der Waals surface area contributed by atoms with Crippen molar-refractivity contribution in [1.82, 2.24) is 0 Å². The highest BCUT2D eigenvalue weighted by atomic mass is 35.5. The molecule has 12 heavy (non-hydrogen) atoms. The minimum Gasteiger partial charge on any atom is -0.128 e. The molecule has 0 aliphatic rings. The molecule has 0 saturated carbocycles. The summed E-state index contributed by atoms with van der Waals surface area (Å²) in [6, 6.07) is 6.08. The molecule has 0 aliphatic carbocycles. The molecule has 0 saturated heterocycles. The van der Waals surface area contributed by atoms with Crippen molar-refractivity contribution in [2.24, 2.45) is 0 Å². The van der Waals surface area contributed by atoms with Gasteiger partial charge in [0.15, 0.2) is 0 Å². The van der Waals surface area contributed by atoms with Gasteiger partial charge in [0.25, 0.3) is 0 Å². The first-order chi connectivity index (χ1) is 5.66. The second-order valence-electron chi connectivity index (χ2n) is 2.76. The Hall–Kier alpha value is -0.140. The maximum Gasteiger partial charge on any atom is 0.0576 e. The molecule has 0 nitrogen and oxygen atoms in total. The van der Waals surface area contributed by atoms with Gasteiger partial charge >= 0.3 is 0 Å². The monoisotopic (exact) mass is 199 g/mol. The molecule has 0 bridgehead atoms. The van der Waals surface area contributed by atoms with Crippen LogP contribution >= 0.6 is 23.4 Å². The Morgan fingerprint density at radius 1 is 1.50 bits per heavy atom. The van der Waals surface area contributed by atoms with E-state index < -0.39 is 0 Å². The van der Waals surface area contributed by atoms with E-state index >= 15 is 0 Å². The summed E-state index contributed by atoms with van der Waals surface area (Å²) in [5.74, 6) is 0.254. The molecule has 1 aromatic rings. The van der Waals surface area contributed by atoms with E-state index in [0.717, 1.165) is 15.5 Å². The van der Waals surface area contributed by atoms with Crippen LogP contribution in [0.3, 0.4) is 0 Å². The van der Waals surface area contributed by atoms with Crippen molar-refractivity contribution in [2.75, 3.05) is 6.26 Å². The van der Waals surface area contributed by atoms with Crippen LogP contribution in [0.25, 0.3) is 0 Å². The number of benzene rings is 1. The number of rotatable bonds is 2. The van der Waals surface area contributed by atoms with Gasteiger partial charge in [-0.15, -0.1) is 11.8 Å². The van der Waals surface area contributed by atoms with Crippen molar-refractivity contribution >= 4 is 23.4 Å². The second kappa shape index (κ2) is 4.20. The molecule has 1 radical (unpaired) electrons. The van der Waals surface area contributed by atoms with Crippen molar-refractivity contribution in [1.29, 1.82) is 0 Å². The molecule has 1 aromatic carbocycles. The van der Waals surface area contributed by atoms with Crippen molar-refractivity contribution in [2.45, 2.75) is 17.7 Å². The molecule has 0 N–H and O–H groups in total. The molecular formula is C10H12ClS. The Kier molecular flexibility index (Phi) is 3.48. The first-order valence-corrected chi connectivity index (χ1v) is 5.42. The smallest absolute Gasteiger partial charge is 0.0576 e. The third kappa shape index (κ3) is 1.96. The molecule has 65 valence electrons. The molecule has 0 spiro atoms. The average Bonchev–Trinajstić information content (AvgIpc) is 2.04. The van der Waals surface area contributed by atoms with Gasteiger partial charge in [-0.25, -0.2) is 0 Å². The molecule has 0 fully saturated rings. The van der Waals surface area contributed by atoms with Crippen molar-refractivity contribution < 1.29 is 0 Å². The first-order valence-electron chi connectivity index (χ1n) is 3.82. The summed E-state index contributed by atoms with van der Waals surface area (Å²) in [5.41, 5.74) is 1.13. The van der Waals surface area contributed by atoms with E-state index in [1.54, 1.807) is 11.8 Å². The van der Waals surface area contributed by atoms with Gasteiger partial charge in [0, 0.05) is 4.90 Å². The highest BCUT2D eigenvalue weighted by Gasteiger charge is 2.07. The predicted octanol–water partition coefficient (Wildman–Crippen LogP) is 4.00. The average molecular weight is 200 g/mol. The van der Waals surface area contributed by atoms with Crippen molar-refractivity contribution in [3.05, 3.63) is 35.7 Å². The van der Waals surface area contributed by atoms with E-state index in [0.29, 0.717) is 0 Å². The molecular weight excluding hydrogens is 188 g/mol. The second-order valence-corrected chi connectivity index (χ2v) is 3.99. The number of hydrogen-bond acceptors (Lipinski definition) is 1. The molecule has 2 heteroatoms. The maximum absolute atomic E-state index is 6.14. The van der Waals surface area contributed by atoms with E-state index in [4.69, 9.17) is 11.6 Å². The zero-order valence-corrected chi connectivity index (χ0v) is 8.88. The van der Waals surface area contributed by atoms with Gasteiger partial charge in [0.1, 0.15) is 0 Å². The first kappa shape index (κ1) is 9.94. The molecule has 1 unspecified atom stereocenters. The quantitative estimate of drug-likeness (QED) is 0.649. The van der Waals surface area contributed by atoms with Crippen LogP contribution in [-0.2, 0) is 0 Å². The normalized spacial score (nSPS) is 10.8. The molecule has 1 rings (SSSR count). The van der Waals surface area contributed by atoms with Crippen LogP contribution in [0.2, 0.25) is 5.02 Å². The van der Waals surface area contributed by atoms with Crippen molar-refractivity contribution in [3.63, 3.8) is 0 Å². The van der Waals surface area contributed by atoms with Crippen LogP contribution in [0.4, 0.5) is 0 Å². The SMILES string of the molecule is [CH2]C(C)c1cccc(SC)c1Cl. The molecule has 0 aromatic heterocycles. The number of thioether (sulfide) groups is 1. The van der Waals surface area contributed by atoms with Gasteiger partial charge in [-0.2, -0.15) is 0 Å². The van der Waals surface area contributed by atoms with Crippen molar-refractivity contribution in [3.8, 4) is 0 Å². The highest BCUT2D eigenvalue weighted by Crippen LogP contribution is 2.32. The van der Waals surface area contributed by atoms with Crippen LogP contribution in [0.5, 0.6) is 0 Å². The zero-order valence-electron chi connectivity index (χ0n) is 7.30. The fourth-order valence-electron chi connectivity index (χ4n) is 1.07. The van der Waals surface area contributed by atoms with Gasteiger partial charge in [-0.1, -0.05) is 30.7 Å². The summed E-state index contributed by atoms with van der Waals surface area (Å²) in [6.07, 6.45) is 2.03. The lowest BCUT2D eigenvalue weighted by atomic mass is 10.0. The van der Waals surface area contributed by atoms with E-state index in [9.17, 15) is 0 Å². The summed E-state index contributed by atoms with van der Waals surface area (Å²) >= 11 is 7.81. The zero-order chi connectivity index (χ0) is 9.14. The Morgan fingerprint density at radius 2 is 2.17 bits per heavy atom. The van der Waals surface area contributed by atoms with Gasteiger partial charge in [-0.05, 0) is 30.7 Å². The van der Waals surface area contributed by atoms with Gasteiger partial charge in [0.05, 0.1) is 5.02 Å². The topological polar surface area (TPSA) is 0 Å². The summed E-state index contributed by atoms with van der Waals surface area (Å²) in [5, 5.41) is 0.854. The van der Waals surface area contributed by atoms with Gasteiger partial charge in [0.2, 0.25) is 0 Å². The van der Waals surface area contributed by atoms with E-state index in [2.05, 4.69) is 6.92 Å². The van der Waals surface area contributed by atoms with E-state index in [1.807, 2.05) is 31.4 Å². The summed E-state index contributed by atoms with van der Waals surface area (Å²) in [4.78, 5) is 1.13.